The zero-order valence-electron chi connectivity index (χ0n) is 27.6. The summed E-state index contributed by atoms with van der Waals surface area (Å²) in [5.74, 6) is 0.479. The predicted octanol–water partition coefficient (Wildman–Crippen LogP) is 4.60. The van der Waals surface area contributed by atoms with E-state index in [4.69, 9.17) is 9.47 Å². The Morgan fingerprint density at radius 3 is 2.66 bits per heavy atom. The minimum Gasteiger partial charge on any atom is -0.394 e. The van der Waals surface area contributed by atoms with Gasteiger partial charge in [-0.25, -0.2) is 9.78 Å². The van der Waals surface area contributed by atoms with Crippen molar-refractivity contribution < 1.29 is 24.2 Å². The fourth-order valence-electron chi connectivity index (χ4n) is 6.56. The second kappa shape index (κ2) is 14.1. The molecular formula is C36H44N6O5. The van der Waals surface area contributed by atoms with E-state index in [1.807, 2.05) is 80.1 Å². The van der Waals surface area contributed by atoms with Crippen LogP contribution in [0.15, 0.2) is 66.9 Å². The summed E-state index contributed by atoms with van der Waals surface area (Å²) in [6.45, 7) is 7.44. The Labute approximate surface area is 275 Å². The molecule has 1 saturated heterocycles. The van der Waals surface area contributed by atoms with Crippen LogP contribution in [0.4, 0.5) is 16.3 Å². The summed E-state index contributed by atoms with van der Waals surface area (Å²) in [5, 5.41) is 14.3. The number of pyridine rings is 1. The summed E-state index contributed by atoms with van der Waals surface area (Å²) in [4.78, 5) is 38.0. The normalized spacial score (nSPS) is 19.5. The number of hydrogen-bond donors (Lipinski definition) is 2. The number of rotatable bonds is 6. The van der Waals surface area contributed by atoms with Crippen molar-refractivity contribution in [2.45, 2.75) is 32.6 Å². The largest absolute Gasteiger partial charge is 0.394 e. The van der Waals surface area contributed by atoms with Crippen LogP contribution in [0.1, 0.15) is 29.9 Å². The van der Waals surface area contributed by atoms with Crippen molar-refractivity contribution in [1.29, 1.82) is 0 Å². The fraction of sp³-hybridized carbons (Fsp3) is 0.417. The Morgan fingerprint density at radius 1 is 1.13 bits per heavy atom. The highest BCUT2D eigenvalue weighted by Crippen LogP contribution is 2.38. The van der Waals surface area contributed by atoms with Crippen LogP contribution in [-0.2, 0) is 23.1 Å². The Balaban J connectivity index is 1.29. The third kappa shape index (κ3) is 6.69. The molecule has 6 rings (SSSR count). The quantitative estimate of drug-likeness (QED) is 0.317. The highest BCUT2D eigenvalue weighted by Gasteiger charge is 2.34. The van der Waals surface area contributed by atoms with E-state index in [1.165, 1.54) is 0 Å². The lowest BCUT2D eigenvalue weighted by Gasteiger charge is -2.35. The zero-order valence-corrected chi connectivity index (χ0v) is 27.6. The van der Waals surface area contributed by atoms with Crippen LogP contribution in [0.2, 0.25) is 0 Å². The van der Waals surface area contributed by atoms with Gasteiger partial charge in [-0.15, -0.1) is 0 Å². The van der Waals surface area contributed by atoms with Crippen molar-refractivity contribution in [3.8, 4) is 11.1 Å². The summed E-state index contributed by atoms with van der Waals surface area (Å²) in [5.41, 5.74) is 4.94. The minimum absolute atomic E-state index is 0.151. The number of urea groups is 1. The molecule has 0 spiro atoms. The maximum atomic E-state index is 14.6. The average molecular weight is 641 g/mol. The molecule has 248 valence electrons. The number of anilines is 2. The first-order valence-corrected chi connectivity index (χ1v) is 16.3. The number of morpholine rings is 1. The van der Waals surface area contributed by atoms with Crippen LogP contribution in [0.3, 0.4) is 0 Å². The van der Waals surface area contributed by atoms with Crippen molar-refractivity contribution in [2.24, 2.45) is 13.0 Å². The average Bonchev–Trinajstić information content (AvgIpc) is 3.39. The number of benzene rings is 2. The molecule has 0 radical (unpaired) electrons. The van der Waals surface area contributed by atoms with Gasteiger partial charge in [-0.05, 0) is 30.2 Å². The molecule has 2 aromatic heterocycles. The van der Waals surface area contributed by atoms with Gasteiger partial charge >= 0.3 is 6.03 Å². The van der Waals surface area contributed by atoms with E-state index in [0.29, 0.717) is 44.3 Å². The fourth-order valence-corrected chi connectivity index (χ4v) is 6.56. The summed E-state index contributed by atoms with van der Waals surface area (Å²) >= 11 is 0. The van der Waals surface area contributed by atoms with E-state index in [-0.39, 0.29) is 24.5 Å². The van der Waals surface area contributed by atoms with Crippen LogP contribution in [0.5, 0.6) is 0 Å². The molecule has 11 nitrogen and oxygen atoms in total. The summed E-state index contributed by atoms with van der Waals surface area (Å²) < 4.78 is 14.1. The highest BCUT2D eigenvalue weighted by molar-refractivity contribution is 6.10. The number of aliphatic hydroxyl groups excluding tert-OH is 1. The second-order valence-electron chi connectivity index (χ2n) is 12.6. The van der Waals surface area contributed by atoms with Gasteiger partial charge in [0.1, 0.15) is 11.5 Å². The van der Waals surface area contributed by atoms with E-state index >= 15 is 0 Å². The number of likely N-dealkylation sites (N-methyl/N-ethyl adjacent to an activating group) is 1. The van der Waals surface area contributed by atoms with E-state index in [9.17, 15) is 14.7 Å². The van der Waals surface area contributed by atoms with E-state index in [1.54, 1.807) is 29.1 Å². The molecule has 4 aromatic rings. The van der Waals surface area contributed by atoms with Gasteiger partial charge in [0.25, 0.3) is 5.91 Å². The maximum absolute atomic E-state index is 14.6. The molecule has 2 aliphatic rings. The number of carbonyl (C=O) groups is 2. The Bertz CT molecular complexity index is 1730. The van der Waals surface area contributed by atoms with Gasteiger partial charge in [0.05, 0.1) is 38.6 Å². The van der Waals surface area contributed by atoms with E-state index in [0.717, 1.165) is 46.5 Å². The smallest absolute Gasteiger partial charge is 0.321 e. The van der Waals surface area contributed by atoms with Gasteiger partial charge in [0, 0.05) is 80.6 Å². The zero-order chi connectivity index (χ0) is 33.1. The number of ether oxygens (including phenoxy) is 2. The topological polar surface area (TPSA) is 112 Å². The van der Waals surface area contributed by atoms with Gasteiger partial charge in [-0.3, -0.25) is 4.79 Å². The van der Waals surface area contributed by atoms with Crippen molar-refractivity contribution in [2.75, 3.05) is 63.3 Å². The third-order valence-electron chi connectivity index (χ3n) is 9.36. The molecule has 2 aliphatic heterocycles. The first-order valence-electron chi connectivity index (χ1n) is 16.3. The number of aromatic nitrogens is 2. The van der Waals surface area contributed by atoms with Crippen LogP contribution in [0, 0.1) is 5.92 Å². The molecule has 3 atom stereocenters. The van der Waals surface area contributed by atoms with Crippen LogP contribution < -0.4 is 10.2 Å². The molecule has 1 fully saturated rings. The Morgan fingerprint density at radius 2 is 1.87 bits per heavy atom. The van der Waals surface area contributed by atoms with Crippen LogP contribution in [0.25, 0.3) is 22.0 Å². The van der Waals surface area contributed by atoms with Crippen molar-refractivity contribution in [3.05, 3.63) is 78.1 Å². The van der Waals surface area contributed by atoms with Crippen molar-refractivity contribution >= 4 is 34.3 Å². The number of aryl methyl sites for hydroxylation is 1. The van der Waals surface area contributed by atoms with Gasteiger partial charge < -0.3 is 39.2 Å². The third-order valence-corrected chi connectivity index (χ3v) is 9.36. The molecule has 2 N–H and O–H groups in total. The standard InChI is InChI=1S/C36H44N6O5/c1-24-20-42(25(2)22-43)35(44)34-33(29-11-7-8-12-30(29)40(34)4)28-10-6-5-9-26(28)23-47-31(24)21-39(3)36(45)38-27-13-14-37-32(19-27)41-15-17-46-18-16-41/h5-14,19,24-25,31,43H,15-18,20-23H2,1-4H3,(H,37,38,45)/t24-,25-,31-/m1/s1. The lowest BCUT2D eigenvalue weighted by Crippen LogP contribution is -2.48. The lowest BCUT2D eigenvalue weighted by atomic mass is 9.96. The van der Waals surface area contributed by atoms with Gasteiger partial charge in [-0.1, -0.05) is 49.4 Å². The molecule has 4 heterocycles. The number of hydrogen-bond acceptors (Lipinski definition) is 7. The molecule has 0 aliphatic carbocycles. The summed E-state index contributed by atoms with van der Waals surface area (Å²) in [6.07, 6.45) is 1.29. The molecular weight excluding hydrogens is 596 g/mol. The van der Waals surface area contributed by atoms with E-state index in [2.05, 4.69) is 15.2 Å². The van der Waals surface area contributed by atoms with Crippen molar-refractivity contribution in [1.82, 2.24) is 19.4 Å². The molecule has 0 saturated carbocycles. The van der Waals surface area contributed by atoms with E-state index < -0.39 is 12.1 Å². The first kappa shape index (κ1) is 32.5. The van der Waals surface area contributed by atoms with Crippen molar-refractivity contribution in [3.63, 3.8) is 0 Å². The number of para-hydroxylation sites is 1. The predicted molar refractivity (Wildman–Crippen MR) is 183 cm³/mol. The Hall–Kier alpha value is -4.45. The number of amides is 3. The highest BCUT2D eigenvalue weighted by atomic mass is 16.5. The molecule has 0 unspecified atom stereocenters. The number of fused-ring (bicyclic) bond motifs is 5. The molecule has 47 heavy (non-hydrogen) atoms. The molecule has 11 heteroatoms. The molecule has 3 amide bonds. The number of nitrogens with one attached hydrogen (secondary N) is 1. The first-order chi connectivity index (χ1) is 22.8. The number of aliphatic hydroxyl groups is 1. The minimum atomic E-state index is -0.430. The van der Waals surface area contributed by atoms with Crippen LogP contribution in [-0.4, -0.2) is 102 Å². The number of carbonyl (C=O) groups excluding carboxylic acids is 2. The monoisotopic (exact) mass is 640 g/mol. The lowest BCUT2D eigenvalue weighted by molar-refractivity contribution is -0.0179. The SMILES string of the molecule is C[C@@H]1CN([C@H](C)CO)C(=O)c2c(c3ccccc3n2C)-c2ccccc2CO[C@@H]1CN(C)C(=O)Nc1ccnc(N2CCOCC2)c1. The summed E-state index contributed by atoms with van der Waals surface area (Å²) in [7, 11) is 3.67. The number of nitrogens with zero attached hydrogens (tertiary/aromatic N) is 5. The Kier molecular flexibility index (Phi) is 9.76. The van der Waals surface area contributed by atoms with Gasteiger partial charge in [0.2, 0.25) is 0 Å². The van der Waals surface area contributed by atoms with Gasteiger partial charge in [0.15, 0.2) is 0 Å². The van der Waals surface area contributed by atoms with Crippen LogP contribution >= 0.6 is 0 Å². The molecule has 2 aromatic carbocycles. The molecule has 0 bridgehead atoms. The second-order valence-corrected chi connectivity index (χ2v) is 12.6. The maximum Gasteiger partial charge on any atom is 0.321 e. The summed E-state index contributed by atoms with van der Waals surface area (Å²) in [6, 6.07) is 19.0. The van der Waals surface area contributed by atoms with Gasteiger partial charge in [-0.2, -0.15) is 0 Å².